The minimum atomic E-state index is -3.45. The van der Waals surface area contributed by atoms with Crippen molar-refractivity contribution < 1.29 is 8.42 Å². The highest BCUT2D eigenvalue weighted by Gasteiger charge is 2.10. The van der Waals surface area contributed by atoms with Crippen molar-refractivity contribution in [3.8, 4) is 0 Å². The van der Waals surface area contributed by atoms with Crippen molar-refractivity contribution in [1.29, 1.82) is 0 Å². The Balaban J connectivity index is 2.28. The van der Waals surface area contributed by atoms with Crippen LogP contribution < -0.4 is 0 Å². The van der Waals surface area contributed by atoms with Crippen LogP contribution in [0, 0.1) is 0 Å². The summed E-state index contributed by atoms with van der Waals surface area (Å²) in [6.07, 6.45) is 3.02. The van der Waals surface area contributed by atoms with Crippen LogP contribution in [-0.2, 0) is 9.84 Å². The Morgan fingerprint density at radius 3 is 2.29 bits per heavy atom. The minimum Gasteiger partial charge on any atom is -0.244 e. The third-order valence-corrected chi connectivity index (χ3v) is 3.49. The highest BCUT2D eigenvalue weighted by Crippen LogP contribution is 2.10. The van der Waals surface area contributed by atoms with Gasteiger partial charge in [-0.3, -0.25) is 0 Å². The van der Waals surface area contributed by atoms with Gasteiger partial charge in [-0.05, 0) is 23.8 Å². The van der Waals surface area contributed by atoms with E-state index in [9.17, 15) is 8.42 Å². The molecule has 0 aliphatic carbocycles. The maximum absolute atomic E-state index is 11.9. The zero-order chi connectivity index (χ0) is 12.1. The van der Waals surface area contributed by atoms with Gasteiger partial charge in [-0.1, -0.05) is 36.4 Å². The summed E-state index contributed by atoms with van der Waals surface area (Å²) in [5.41, 5.74) is 0.840. The monoisotopic (exact) mass is 245 g/mol. The van der Waals surface area contributed by atoms with Gasteiger partial charge < -0.3 is 0 Å². The molecule has 2 rings (SSSR count). The third kappa shape index (κ3) is 3.01. The van der Waals surface area contributed by atoms with Crippen molar-refractivity contribution in [2.24, 2.45) is 0 Å². The van der Waals surface area contributed by atoms with E-state index in [0.29, 0.717) is 0 Å². The molecule has 1 aromatic heterocycles. The lowest BCUT2D eigenvalue weighted by atomic mass is 10.2. The molecule has 0 unspecified atom stereocenters. The van der Waals surface area contributed by atoms with Crippen LogP contribution in [0.2, 0.25) is 0 Å². The van der Waals surface area contributed by atoms with E-state index in [4.69, 9.17) is 0 Å². The van der Waals surface area contributed by atoms with E-state index >= 15 is 0 Å². The summed E-state index contributed by atoms with van der Waals surface area (Å²) < 4.78 is 23.7. The number of nitrogens with zero attached hydrogens (tertiary/aromatic N) is 1. The first-order valence-electron chi connectivity index (χ1n) is 5.08. The second-order valence-electron chi connectivity index (χ2n) is 3.43. The third-order valence-electron chi connectivity index (χ3n) is 2.17. The molecular formula is C13H11NO2S. The van der Waals surface area contributed by atoms with Crippen molar-refractivity contribution in [3.05, 3.63) is 65.7 Å². The van der Waals surface area contributed by atoms with Crippen molar-refractivity contribution >= 4 is 15.9 Å². The van der Waals surface area contributed by atoms with Crippen molar-refractivity contribution in [2.45, 2.75) is 5.03 Å². The summed E-state index contributed by atoms with van der Waals surface area (Å²) in [5, 5.41) is 1.23. The van der Waals surface area contributed by atoms with Gasteiger partial charge in [0, 0.05) is 11.6 Å². The highest BCUT2D eigenvalue weighted by molar-refractivity contribution is 7.94. The molecule has 3 nitrogen and oxygen atoms in total. The molecule has 17 heavy (non-hydrogen) atoms. The van der Waals surface area contributed by atoms with Gasteiger partial charge in [0.15, 0.2) is 5.03 Å². The summed E-state index contributed by atoms with van der Waals surface area (Å²) in [6, 6.07) is 14.1. The van der Waals surface area contributed by atoms with E-state index in [-0.39, 0.29) is 5.03 Å². The molecule has 0 amide bonds. The van der Waals surface area contributed by atoms with Crippen LogP contribution in [0.3, 0.4) is 0 Å². The summed E-state index contributed by atoms with van der Waals surface area (Å²) in [7, 11) is -3.45. The molecule has 0 saturated carbocycles. The van der Waals surface area contributed by atoms with Crippen LogP contribution in [0.5, 0.6) is 0 Å². The molecule has 86 valence electrons. The molecule has 0 spiro atoms. The Morgan fingerprint density at radius 2 is 1.65 bits per heavy atom. The van der Waals surface area contributed by atoms with Crippen LogP contribution in [-0.4, -0.2) is 13.4 Å². The zero-order valence-corrected chi connectivity index (χ0v) is 9.84. The van der Waals surface area contributed by atoms with Crippen LogP contribution in [0.25, 0.3) is 6.08 Å². The maximum Gasteiger partial charge on any atom is 0.217 e. The molecule has 4 heteroatoms. The standard InChI is InChI=1S/C13H11NO2S/c15-17(16,13-8-4-5-10-14-13)11-9-12-6-2-1-3-7-12/h1-11H. The van der Waals surface area contributed by atoms with E-state index in [1.165, 1.54) is 17.7 Å². The Kier molecular flexibility index (Phi) is 3.35. The van der Waals surface area contributed by atoms with E-state index in [1.54, 1.807) is 18.2 Å². The normalized spacial score (nSPS) is 11.8. The molecule has 2 aromatic rings. The molecule has 1 heterocycles. The second kappa shape index (κ2) is 4.93. The van der Waals surface area contributed by atoms with Crippen molar-refractivity contribution in [2.75, 3.05) is 0 Å². The highest BCUT2D eigenvalue weighted by atomic mass is 32.2. The molecule has 0 atom stereocenters. The summed E-state index contributed by atoms with van der Waals surface area (Å²) in [6.45, 7) is 0. The lowest BCUT2D eigenvalue weighted by Gasteiger charge is -1.96. The van der Waals surface area contributed by atoms with Crippen molar-refractivity contribution in [1.82, 2.24) is 4.98 Å². The predicted molar refractivity (Wildman–Crippen MR) is 66.9 cm³/mol. The number of sulfone groups is 1. The molecule has 0 fully saturated rings. The number of benzene rings is 1. The molecule has 1 aromatic carbocycles. The van der Waals surface area contributed by atoms with Crippen molar-refractivity contribution in [3.63, 3.8) is 0 Å². The van der Waals surface area contributed by atoms with E-state index in [0.717, 1.165) is 5.56 Å². The lowest BCUT2D eigenvalue weighted by molar-refractivity contribution is 0.601. The van der Waals surface area contributed by atoms with E-state index in [1.807, 2.05) is 30.3 Å². The zero-order valence-electron chi connectivity index (χ0n) is 9.02. The van der Waals surface area contributed by atoms with E-state index < -0.39 is 9.84 Å². The van der Waals surface area contributed by atoms with Gasteiger partial charge in [0.05, 0.1) is 0 Å². The fourth-order valence-electron chi connectivity index (χ4n) is 1.32. The Labute approximate surface area is 100 Å². The maximum atomic E-state index is 11.9. The number of pyridine rings is 1. The summed E-state index contributed by atoms with van der Waals surface area (Å²) >= 11 is 0. The van der Waals surface area contributed by atoms with Gasteiger partial charge in [-0.25, -0.2) is 13.4 Å². The van der Waals surface area contributed by atoms with Gasteiger partial charge in [0.25, 0.3) is 0 Å². The van der Waals surface area contributed by atoms with Crippen LogP contribution >= 0.6 is 0 Å². The quantitative estimate of drug-likeness (QED) is 0.834. The topological polar surface area (TPSA) is 47.0 Å². The van der Waals surface area contributed by atoms with Crippen LogP contribution in [0.15, 0.2) is 65.2 Å². The molecule has 0 radical (unpaired) electrons. The first kappa shape index (κ1) is 11.5. The molecule has 0 aliphatic rings. The Hall–Kier alpha value is -1.94. The molecular weight excluding hydrogens is 234 g/mol. The average Bonchev–Trinajstić information content (AvgIpc) is 2.39. The fourth-order valence-corrected chi connectivity index (χ4v) is 2.27. The van der Waals surface area contributed by atoms with Gasteiger partial charge in [0.1, 0.15) is 0 Å². The number of hydrogen-bond acceptors (Lipinski definition) is 3. The lowest BCUT2D eigenvalue weighted by Crippen LogP contribution is -1.98. The first-order valence-corrected chi connectivity index (χ1v) is 6.62. The predicted octanol–water partition coefficient (Wildman–Crippen LogP) is 2.53. The largest absolute Gasteiger partial charge is 0.244 e. The van der Waals surface area contributed by atoms with Crippen LogP contribution in [0.1, 0.15) is 5.56 Å². The smallest absolute Gasteiger partial charge is 0.217 e. The van der Waals surface area contributed by atoms with Gasteiger partial charge in [-0.15, -0.1) is 0 Å². The number of hydrogen-bond donors (Lipinski definition) is 0. The van der Waals surface area contributed by atoms with Gasteiger partial charge in [-0.2, -0.15) is 0 Å². The SMILES string of the molecule is O=S(=O)(C=Cc1ccccc1)c1ccccn1. The molecule has 0 saturated heterocycles. The Morgan fingerprint density at radius 1 is 0.941 bits per heavy atom. The summed E-state index contributed by atoms with van der Waals surface area (Å²) in [5.74, 6) is 0. The molecule has 0 bridgehead atoms. The molecule has 0 N–H and O–H groups in total. The van der Waals surface area contributed by atoms with Gasteiger partial charge >= 0.3 is 0 Å². The molecule has 0 aliphatic heterocycles. The second-order valence-corrected chi connectivity index (χ2v) is 5.21. The van der Waals surface area contributed by atoms with E-state index in [2.05, 4.69) is 4.98 Å². The fraction of sp³-hybridized carbons (Fsp3) is 0. The minimum absolute atomic E-state index is 0.0622. The summed E-state index contributed by atoms with van der Waals surface area (Å²) in [4.78, 5) is 3.82. The number of aromatic nitrogens is 1. The van der Waals surface area contributed by atoms with Crippen LogP contribution in [0.4, 0.5) is 0 Å². The first-order chi connectivity index (χ1) is 8.18. The number of rotatable bonds is 3. The Bertz CT molecular complexity index is 604. The average molecular weight is 245 g/mol. The van der Waals surface area contributed by atoms with Gasteiger partial charge in [0.2, 0.25) is 9.84 Å².